The van der Waals surface area contributed by atoms with Gasteiger partial charge in [0.1, 0.15) is 0 Å². The first kappa shape index (κ1) is 8.89. The zero-order chi connectivity index (χ0) is 9.80. The van der Waals surface area contributed by atoms with Gasteiger partial charge in [-0.25, -0.2) is 0 Å². The largest absolute Gasteiger partial charge is 0.367 e. The third-order valence-electron chi connectivity index (χ3n) is 1.71. The van der Waals surface area contributed by atoms with Crippen LogP contribution in [0, 0.1) is 0 Å². The predicted octanol–water partition coefficient (Wildman–Crippen LogP) is 0.796. The number of rotatable bonds is 3. The predicted molar refractivity (Wildman–Crippen MR) is 51.9 cm³/mol. The summed E-state index contributed by atoms with van der Waals surface area (Å²) in [6.45, 7) is 0.500. The van der Waals surface area contributed by atoms with E-state index in [-0.39, 0.29) is 5.91 Å². The number of aromatic nitrogens is 3. The number of carbonyl (C=O) groups excluding carboxylic acids is 1. The lowest BCUT2D eigenvalue weighted by Crippen LogP contribution is -2.22. The van der Waals surface area contributed by atoms with E-state index in [9.17, 15) is 4.79 Å². The number of carbonyl (C=O) groups is 1. The van der Waals surface area contributed by atoms with Crippen LogP contribution >= 0.6 is 11.7 Å². The van der Waals surface area contributed by atoms with E-state index in [1.165, 1.54) is 6.20 Å². The molecule has 0 saturated carbocycles. The van der Waals surface area contributed by atoms with Gasteiger partial charge in [-0.3, -0.25) is 4.79 Å². The Morgan fingerprint density at radius 1 is 1.64 bits per heavy atom. The summed E-state index contributed by atoms with van der Waals surface area (Å²) in [5, 5.41) is 2.73. The van der Waals surface area contributed by atoms with E-state index in [2.05, 4.69) is 19.0 Å². The zero-order valence-corrected chi connectivity index (χ0v) is 8.04. The van der Waals surface area contributed by atoms with E-state index in [1.54, 1.807) is 0 Å². The molecule has 2 N–H and O–H groups in total. The molecule has 2 aromatic heterocycles. The maximum atomic E-state index is 11.4. The van der Waals surface area contributed by atoms with Gasteiger partial charge in [0.05, 0.1) is 17.9 Å². The molecular formula is C8H8N4OS. The molecule has 2 aromatic rings. The van der Waals surface area contributed by atoms with Gasteiger partial charge in [-0.15, -0.1) is 0 Å². The highest BCUT2D eigenvalue weighted by Crippen LogP contribution is 1.98. The van der Waals surface area contributed by atoms with Crippen molar-refractivity contribution in [3.8, 4) is 0 Å². The van der Waals surface area contributed by atoms with Crippen molar-refractivity contribution in [2.75, 3.05) is 0 Å². The first-order valence-electron chi connectivity index (χ1n) is 4.03. The van der Waals surface area contributed by atoms with Crippen LogP contribution in [0.15, 0.2) is 24.7 Å². The van der Waals surface area contributed by atoms with Crippen molar-refractivity contribution in [1.82, 2.24) is 19.0 Å². The van der Waals surface area contributed by atoms with Gasteiger partial charge < -0.3 is 10.3 Å². The summed E-state index contributed by atoms with van der Waals surface area (Å²) in [7, 11) is 0. The molecule has 0 radical (unpaired) electrons. The van der Waals surface area contributed by atoms with Crippen molar-refractivity contribution >= 4 is 17.6 Å². The first-order chi connectivity index (χ1) is 6.86. The number of aromatic amines is 1. The van der Waals surface area contributed by atoms with Gasteiger partial charge in [0, 0.05) is 18.9 Å². The fraction of sp³-hybridized carbons (Fsp3) is 0.125. The van der Waals surface area contributed by atoms with E-state index < -0.39 is 0 Å². The molecule has 2 heterocycles. The molecule has 0 fully saturated rings. The Morgan fingerprint density at radius 3 is 3.21 bits per heavy atom. The maximum Gasteiger partial charge on any atom is 0.272 e. The summed E-state index contributed by atoms with van der Waals surface area (Å²) >= 11 is 1.02. The Labute approximate surface area is 84.5 Å². The second-order valence-corrected chi connectivity index (χ2v) is 3.25. The summed E-state index contributed by atoms with van der Waals surface area (Å²) in [5.74, 6) is -0.194. The molecule has 72 valence electrons. The maximum absolute atomic E-state index is 11.4. The minimum Gasteiger partial charge on any atom is -0.367 e. The van der Waals surface area contributed by atoms with Crippen LogP contribution in [-0.2, 0) is 6.54 Å². The average molecular weight is 208 g/mol. The molecule has 0 saturated heterocycles. The number of nitrogens with zero attached hydrogens (tertiary/aromatic N) is 2. The van der Waals surface area contributed by atoms with Crippen molar-refractivity contribution < 1.29 is 4.79 Å². The Kier molecular flexibility index (Phi) is 2.55. The van der Waals surface area contributed by atoms with Gasteiger partial charge in [0.2, 0.25) is 0 Å². The van der Waals surface area contributed by atoms with Crippen LogP contribution in [0.1, 0.15) is 16.1 Å². The van der Waals surface area contributed by atoms with Crippen LogP contribution in [-0.4, -0.2) is 19.6 Å². The molecule has 0 spiro atoms. The Balaban J connectivity index is 1.90. The molecule has 14 heavy (non-hydrogen) atoms. The number of H-pyrrole nitrogens is 1. The minimum absolute atomic E-state index is 0.194. The highest BCUT2D eigenvalue weighted by Gasteiger charge is 2.07. The van der Waals surface area contributed by atoms with E-state index in [0.29, 0.717) is 12.2 Å². The standard InChI is InChI=1S/C8H8N4OS/c13-8(7-5-11-14-12-7)10-4-6-1-2-9-3-6/h1-3,5,9H,4H2,(H,10,13). The molecule has 0 aliphatic rings. The van der Waals surface area contributed by atoms with Crippen LogP contribution in [0.4, 0.5) is 0 Å². The smallest absolute Gasteiger partial charge is 0.272 e. The molecule has 1 amide bonds. The lowest BCUT2D eigenvalue weighted by molar-refractivity contribution is 0.0947. The van der Waals surface area contributed by atoms with E-state index >= 15 is 0 Å². The molecule has 0 aliphatic heterocycles. The van der Waals surface area contributed by atoms with E-state index in [4.69, 9.17) is 0 Å². The molecule has 5 nitrogen and oxygen atoms in total. The highest BCUT2D eigenvalue weighted by atomic mass is 32.1. The molecule has 2 rings (SSSR count). The molecule has 0 aliphatic carbocycles. The molecule has 6 heteroatoms. The molecule has 0 unspecified atom stereocenters. The van der Waals surface area contributed by atoms with Crippen molar-refractivity contribution in [1.29, 1.82) is 0 Å². The first-order valence-corrected chi connectivity index (χ1v) is 4.77. The van der Waals surface area contributed by atoms with Gasteiger partial charge in [0.15, 0.2) is 5.69 Å². The van der Waals surface area contributed by atoms with Crippen molar-refractivity contribution in [3.63, 3.8) is 0 Å². The Morgan fingerprint density at radius 2 is 2.57 bits per heavy atom. The summed E-state index contributed by atoms with van der Waals surface area (Å²) in [6.07, 6.45) is 5.10. The van der Waals surface area contributed by atoms with Crippen molar-refractivity contribution in [3.05, 3.63) is 35.9 Å². The van der Waals surface area contributed by atoms with Crippen LogP contribution in [0.2, 0.25) is 0 Å². The zero-order valence-electron chi connectivity index (χ0n) is 7.23. The van der Waals surface area contributed by atoms with E-state index in [1.807, 2.05) is 18.5 Å². The molecule has 0 aromatic carbocycles. The van der Waals surface area contributed by atoms with Crippen LogP contribution < -0.4 is 5.32 Å². The van der Waals surface area contributed by atoms with Gasteiger partial charge in [0.25, 0.3) is 5.91 Å². The van der Waals surface area contributed by atoms with E-state index in [0.717, 1.165) is 17.3 Å². The average Bonchev–Trinajstić information content (AvgIpc) is 2.87. The second-order valence-electron chi connectivity index (χ2n) is 2.69. The van der Waals surface area contributed by atoms with Gasteiger partial charge >= 0.3 is 0 Å². The third-order valence-corrected chi connectivity index (χ3v) is 2.19. The Hall–Kier alpha value is -1.69. The topological polar surface area (TPSA) is 70.7 Å². The van der Waals surface area contributed by atoms with Gasteiger partial charge in [-0.2, -0.15) is 8.75 Å². The van der Waals surface area contributed by atoms with Crippen molar-refractivity contribution in [2.45, 2.75) is 6.54 Å². The normalized spacial score (nSPS) is 10.0. The second kappa shape index (κ2) is 4.01. The summed E-state index contributed by atoms with van der Waals surface area (Å²) in [4.78, 5) is 14.3. The fourth-order valence-corrected chi connectivity index (χ4v) is 1.42. The quantitative estimate of drug-likeness (QED) is 0.783. The molecule has 0 atom stereocenters. The summed E-state index contributed by atoms with van der Waals surface area (Å²) in [5.41, 5.74) is 1.40. The van der Waals surface area contributed by atoms with Crippen molar-refractivity contribution in [2.24, 2.45) is 0 Å². The fourth-order valence-electron chi connectivity index (χ4n) is 1.01. The monoisotopic (exact) mass is 208 g/mol. The van der Waals surface area contributed by atoms with Crippen LogP contribution in [0.25, 0.3) is 0 Å². The Bertz CT molecular complexity index is 395. The van der Waals surface area contributed by atoms with Crippen LogP contribution in [0.3, 0.4) is 0 Å². The number of hydrogen-bond donors (Lipinski definition) is 2. The lowest BCUT2D eigenvalue weighted by Gasteiger charge is -1.99. The van der Waals surface area contributed by atoms with Crippen LogP contribution in [0.5, 0.6) is 0 Å². The lowest BCUT2D eigenvalue weighted by atomic mass is 10.3. The highest BCUT2D eigenvalue weighted by molar-refractivity contribution is 6.99. The summed E-state index contributed by atoms with van der Waals surface area (Å²) < 4.78 is 7.58. The molecular weight excluding hydrogens is 200 g/mol. The summed E-state index contributed by atoms with van der Waals surface area (Å²) in [6, 6.07) is 1.90. The number of hydrogen-bond acceptors (Lipinski definition) is 4. The third kappa shape index (κ3) is 1.97. The number of amides is 1. The SMILES string of the molecule is O=C(NCc1cc[nH]c1)c1cnsn1. The van der Waals surface area contributed by atoms with Gasteiger partial charge in [-0.05, 0) is 11.6 Å². The minimum atomic E-state index is -0.194. The number of nitrogens with one attached hydrogen (secondary N) is 2. The molecule has 0 bridgehead atoms. The van der Waals surface area contributed by atoms with Gasteiger partial charge in [-0.1, -0.05) is 0 Å².